The van der Waals surface area contributed by atoms with Crippen molar-refractivity contribution in [2.75, 3.05) is 6.54 Å². The second kappa shape index (κ2) is 7.27. The van der Waals surface area contributed by atoms with E-state index in [-0.39, 0.29) is 30.2 Å². The van der Waals surface area contributed by atoms with E-state index in [1.807, 2.05) is 27.7 Å². The van der Waals surface area contributed by atoms with Gasteiger partial charge in [0.25, 0.3) is 0 Å². The Kier molecular flexibility index (Phi) is 6.80. The van der Waals surface area contributed by atoms with Gasteiger partial charge in [-0.05, 0) is 18.3 Å². The van der Waals surface area contributed by atoms with Gasteiger partial charge in [-0.3, -0.25) is 4.79 Å². The number of amides is 1. The van der Waals surface area contributed by atoms with Crippen molar-refractivity contribution in [2.45, 2.75) is 40.2 Å². The van der Waals surface area contributed by atoms with Crippen molar-refractivity contribution in [3.05, 3.63) is 0 Å². The van der Waals surface area contributed by atoms with E-state index in [2.05, 4.69) is 5.32 Å². The van der Waals surface area contributed by atoms with Crippen LogP contribution >= 0.6 is 0 Å². The average molecular weight is 244 g/mol. The van der Waals surface area contributed by atoms with Crippen molar-refractivity contribution in [2.24, 2.45) is 23.5 Å². The van der Waals surface area contributed by atoms with E-state index in [4.69, 9.17) is 10.8 Å². The largest absolute Gasteiger partial charge is 0.480 e. The van der Waals surface area contributed by atoms with Gasteiger partial charge < -0.3 is 16.2 Å². The number of carboxylic acids is 1. The molecule has 0 spiro atoms. The van der Waals surface area contributed by atoms with E-state index < -0.39 is 12.0 Å². The molecule has 0 aliphatic carbocycles. The SMILES string of the molecule is CC(C)C[C@@H](NC(=O)C(CN)C(C)C)C(=O)O. The molecule has 1 unspecified atom stereocenters. The van der Waals surface area contributed by atoms with Crippen molar-refractivity contribution in [1.29, 1.82) is 0 Å². The number of hydrogen-bond donors (Lipinski definition) is 3. The molecule has 0 aromatic carbocycles. The van der Waals surface area contributed by atoms with Gasteiger partial charge in [-0.1, -0.05) is 27.7 Å². The van der Waals surface area contributed by atoms with Crippen LogP contribution in [0.5, 0.6) is 0 Å². The van der Waals surface area contributed by atoms with Crippen LogP contribution in [0.1, 0.15) is 34.1 Å². The summed E-state index contributed by atoms with van der Waals surface area (Å²) in [6, 6.07) is -0.824. The number of hydrogen-bond acceptors (Lipinski definition) is 3. The Morgan fingerprint density at radius 1 is 1.24 bits per heavy atom. The summed E-state index contributed by atoms with van der Waals surface area (Å²) in [6.45, 7) is 7.87. The van der Waals surface area contributed by atoms with Crippen LogP contribution in [-0.4, -0.2) is 29.6 Å². The fraction of sp³-hybridized carbons (Fsp3) is 0.833. The third kappa shape index (κ3) is 5.68. The van der Waals surface area contributed by atoms with Gasteiger partial charge in [0.1, 0.15) is 6.04 Å². The molecule has 0 rings (SSSR count). The van der Waals surface area contributed by atoms with Crippen LogP contribution in [0.3, 0.4) is 0 Å². The van der Waals surface area contributed by atoms with Crippen molar-refractivity contribution in [3.63, 3.8) is 0 Å². The van der Waals surface area contributed by atoms with E-state index >= 15 is 0 Å². The van der Waals surface area contributed by atoms with Gasteiger partial charge in [0.2, 0.25) is 5.91 Å². The maximum atomic E-state index is 11.9. The summed E-state index contributed by atoms with van der Waals surface area (Å²) in [6.07, 6.45) is 0.427. The summed E-state index contributed by atoms with van der Waals surface area (Å²) in [4.78, 5) is 22.9. The molecule has 0 fully saturated rings. The Hall–Kier alpha value is -1.10. The Bertz CT molecular complexity index is 264. The van der Waals surface area contributed by atoms with Crippen LogP contribution in [0.4, 0.5) is 0 Å². The van der Waals surface area contributed by atoms with Crippen LogP contribution < -0.4 is 11.1 Å². The molecule has 1 amide bonds. The standard InChI is InChI=1S/C12H24N2O3/c1-7(2)5-10(12(16)17)14-11(15)9(6-13)8(3)4/h7-10H,5-6,13H2,1-4H3,(H,14,15)(H,16,17)/t9?,10-/m1/s1. The molecule has 0 saturated carbocycles. The predicted octanol–water partition coefficient (Wildman–Crippen LogP) is 0.833. The van der Waals surface area contributed by atoms with Gasteiger partial charge in [-0.25, -0.2) is 4.79 Å². The first kappa shape index (κ1) is 15.9. The summed E-state index contributed by atoms with van der Waals surface area (Å²) in [5, 5.41) is 11.6. The number of aliphatic carboxylic acids is 1. The summed E-state index contributed by atoms with van der Waals surface area (Å²) >= 11 is 0. The predicted molar refractivity (Wildman–Crippen MR) is 66.4 cm³/mol. The molecule has 5 nitrogen and oxygen atoms in total. The molecule has 100 valence electrons. The molecule has 0 bridgehead atoms. The molecule has 0 radical (unpaired) electrons. The molecule has 0 aromatic rings. The summed E-state index contributed by atoms with van der Waals surface area (Å²) in [5.74, 6) is -1.27. The van der Waals surface area contributed by atoms with Gasteiger partial charge in [0.05, 0.1) is 5.92 Å². The molecular weight excluding hydrogens is 220 g/mol. The van der Waals surface area contributed by atoms with E-state index in [9.17, 15) is 9.59 Å². The van der Waals surface area contributed by atoms with Crippen LogP contribution in [0.15, 0.2) is 0 Å². The molecule has 0 heterocycles. The molecule has 5 heteroatoms. The lowest BCUT2D eigenvalue weighted by atomic mass is 9.94. The molecule has 0 aliphatic heterocycles. The Morgan fingerprint density at radius 3 is 2.06 bits per heavy atom. The maximum Gasteiger partial charge on any atom is 0.326 e. The Morgan fingerprint density at radius 2 is 1.76 bits per heavy atom. The van der Waals surface area contributed by atoms with Crippen LogP contribution in [-0.2, 0) is 9.59 Å². The zero-order valence-corrected chi connectivity index (χ0v) is 11.1. The summed E-state index contributed by atoms with van der Waals surface area (Å²) in [7, 11) is 0. The van der Waals surface area contributed by atoms with Crippen molar-refractivity contribution in [3.8, 4) is 0 Å². The molecule has 17 heavy (non-hydrogen) atoms. The fourth-order valence-electron chi connectivity index (χ4n) is 1.65. The molecule has 2 atom stereocenters. The molecule has 0 aromatic heterocycles. The number of nitrogens with one attached hydrogen (secondary N) is 1. The van der Waals surface area contributed by atoms with E-state index in [1.165, 1.54) is 0 Å². The molecule has 0 aliphatic rings. The van der Waals surface area contributed by atoms with Crippen LogP contribution in [0.25, 0.3) is 0 Å². The second-order valence-corrected chi connectivity index (χ2v) is 5.12. The van der Waals surface area contributed by atoms with Crippen molar-refractivity contribution >= 4 is 11.9 Å². The van der Waals surface area contributed by atoms with Crippen LogP contribution in [0.2, 0.25) is 0 Å². The smallest absolute Gasteiger partial charge is 0.326 e. The summed E-state index contributed by atoms with van der Waals surface area (Å²) < 4.78 is 0. The van der Waals surface area contributed by atoms with Gasteiger partial charge in [-0.15, -0.1) is 0 Å². The highest BCUT2D eigenvalue weighted by Crippen LogP contribution is 2.11. The third-order valence-electron chi connectivity index (χ3n) is 2.72. The lowest BCUT2D eigenvalue weighted by Crippen LogP contribution is -2.47. The Labute approximate surface area is 103 Å². The van der Waals surface area contributed by atoms with E-state index in [1.54, 1.807) is 0 Å². The van der Waals surface area contributed by atoms with Gasteiger partial charge >= 0.3 is 5.97 Å². The minimum atomic E-state index is -0.994. The lowest BCUT2D eigenvalue weighted by molar-refractivity contribution is -0.143. The lowest BCUT2D eigenvalue weighted by Gasteiger charge is -2.22. The minimum Gasteiger partial charge on any atom is -0.480 e. The summed E-state index contributed by atoms with van der Waals surface area (Å²) in [5.41, 5.74) is 5.52. The second-order valence-electron chi connectivity index (χ2n) is 5.12. The number of nitrogens with two attached hydrogens (primary N) is 1. The highest BCUT2D eigenvalue weighted by molar-refractivity contribution is 5.85. The van der Waals surface area contributed by atoms with Crippen molar-refractivity contribution < 1.29 is 14.7 Å². The van der Waals surface area contributed by atoms with E-state index in [0.717, 1.165) is 0 Å². The first-order chi connectivity index (χ1) is 7.79. The topological polar surface area (TPSA) is 92.4 Å². The van der Waals surface area contributed by atoms with Gasteiger partial charge in [0, 0.05) is 6.54 Å². The molecular formula is C12H24N2O3. The average Bonchev–Trinajstić information content (AvgIpc) is 2.15. The number of rotatable bonds is 7. The minimum absolute atomic E-state index is 0.105. The number of carboxylic acid groups (broad SMARTS) is 1. The first-order valence-electron chi connectivity index (χ1n) is 6.02. The number of carbonyl (C=O) groups excluding carboxylic acids is 1. The highest BCUT2D eigenvalue weighted by atomic mass is 16.4. The fourth-order valence-corrected chi connectivity index (χ4v) is 1.65. The third-order valence-corrected chi connectivity index (χ3v) is 2.72. The van der Waals surface area contributed by atoms with Gasteiger partial charge in [-0.2, -0.15) is 0 Å². The number of carbonyl (C=O) groups is 2. The first-order valence-corrected chi connectivity index (χ1v) is 6.02. The normalized spacial score (nSPS) is 14.8. The maximum absolute atomic E-state index is 11.9. The van der Waals surface area contributed by atoms with Crippen molar-refractivity contribution in [1.82, 2.24) is 5.32 Å². The quantitative estimate of drug-likeness (QED) is 0.618. The molecule has 0 saturated heterocycles. The van der Waals surface area contributed by atoms with Gasteiger partial charge in [0.15, 0.2) is 0 Å². The zero-order valence-electron chi connectivity index (χ0n) is 11.1. The van der Waals surface area contributed by atoms with E-state index in [0.29, 0.717) is 6.42 Å². The Balaban J connectivity index is 4.54. The highest BCUT2D eigenvalue weighted by Gasteiger charge is 2.26. The zero-order chi connectivity index (χ0) is 13.6. The van der Waals surface area contributed by atoms with Crippen LogP contribution in [0, 0.1) is 17.8 Å². The molecule has 4 N–H and O–H groups in total. The monoisotopic (exact) mass is 244 g/mol.